The van der Waals surface area contributed by atoms with Gasteiger partial charge in [0.25, 0.3) is 0 Å². The van der Waals surface area contributed by atoms with Crippen molar-refractivity contribution in [3.8, 4) is 6.07 Å². The fraction of sp³-hybridized carbons (Fsp3) is 0.857. The number of carbonyl (C=O) groups is 1. The van der Waals surface area contributed by atoms with Gasteiger partial charge in [0.2, 0.25) is 5.91 Å². The Morgan fingerprint density at radius 1 is 1.47 bits per heavy atom. The smallest absolute Gasteiger partial charge is 0.237 e. The lowest BCUT2D eigenvalue weighted by molar-refractivity contribution is -0.132. The maximum atomic E-state index is 12.3. The lowest BCUT2D eigenvalue weighted by Gasteiger charge is -2.30. The van der Waals surface area contributed by atoms with Crippen LogP contribution < -0.4 is 5.32 Å². The van der Waals surface area contributed by atoms with Crippen molar-refractivity contribution in [2.45, 2.75) is 63.1 Å². The standard InChI is InChI=1S/C14H23N3O2/c1-11-4-5-12(8-15)17(11)13(19)9-16-14(10-18)6-2-3-7-14/h11-12,16,18H,2-7,9-10H2,1H3. The van der Waals surface area contributed by atoms with E-state index in [0.717, 1.165) is 38.5 Å². The van der Waals surface area contributed by atoms with Crippen molar-refractivity contribution in [3.05, 3.63) is 0 Å². The van der Waals surface area contributed by atoms with Crippen LogP contribution in [0, 0.1) is 11.3 Å². The maximum Gasteiger partial charge on any atom is 0.237 e. The van der Waals surface area contributed by atoms with Crippen LogP contribution in [-0.2, 0) is 4.79 Å². The molecule has 5 nitrogen and oxygen atoms in total. The SMILES string of the molecule is CC1CCC(C#N)N1C(=O)CNC1(CO)CCCC1. The summed E-state index contributed by atoms with van der Waals surface area (Å²) >= 11 is 0. The van der Waals surface area contributed by atoms with Crippen LogP contribution in [0.5, 0.6) is 0 Å². The van der Waals surface area contributed by atoms with E-state index in [0.29, 0.717) is 0 Å². The summed E-state index contributed by atoms with van der Waals surface area (Å²) in [6.07, 6.45) is 5.72. The summed E-state index contributed by atoms with van der Waals surface area (Å²) < 4.78 is 0. The van der Waals surface area contributed by atoms with Crippen molar-refractivity contribution in [2.75, 3.05) is 13.2 Å². The minimum Gasteiger partial charge on any atom is -0.394 e. The van der Waals surface area contributed by atoms with Gasteiger partial charge in [-0.25, -0.2) is 0 Å². The van der Waals surface area contributed by atoms with Gasteiger partial charge >= 0.3 is 0 Å². The number of nitrogens with zero attached hydrogens (tertiary/aromatic N) is 2. The van der Waals surface area contributed by atoms with Crippen molar-refractivity contribution in [1.29, 1.82) is 5.26 Å². The Kier molecular flexibility index (Phi) is 4.43. The Balaban J connectivity index is 1.92. The maximum absolute atomic E-state index is 12.3. The van der Waals surface area contributed by atoms with E-state index in [1.807, 2.05) is 6.92 Å². The molecule has 2 rings (SSSR count). The third kappa shape index (κ3) is 2.90. The van der Waals surface area contributed by atoms with Gasteiger partial charge in [-0.1, -0.05) is 12.8 Å². The Bertz CT molecular complexity index is 371. The normalized spacial score (nSPS) is 29.4. The molecule has 0 aromatic carbocycles. The highest BCUT2D eigenvalue weighted by atomic mass is 16.3. The monoisotopic (exact) mass is 265 g/mol. The molecule has 106 valence electrons. The summed E-state index contributed by atoms with van der Waals surface area (Å²) in [6, 6.07) is 2.07. The topological polar surface area (TPSA) is 76.4 Å². The summed E-state index contributed by atoms with van der Waals surface area (Å²) in [7, 11) is 0. The largest absolute Gasteiger partial charge is 0.394 e. The molecule has 1 saturated carbocycles. The average molecular weight is 265 g/mol. The Labute approximate surface area is 114 Å². The molecule has 0 radical (unpaired) electrons. The minimum atomic E-state index is -0.280. The predicted octanol–water partition coefficient (Wildman–Crippen LogP) is 0.784. The molecular formula is C14H23N3O2. The van der Waals surface area contributed by atoms with Crippen molar-refractivity contribution in [2.24, 2.45) is 0 Å². The van der Waals surface area contributed by atoms with Gasteiger partial charge in [-0.3, -0.25) is 4.79 Å². The van der Waals surface area contributed by atoms with Crippen LogP contribution in [0.25, 0.3) is 0 Å². The zero-order valence-electron chi connectivity index (χ0n) is 11.6. The van der Waals surface area contributed by atoms with Gasteiger partial charge in [-0.15, -0.1) is 0 Å². The lowest BCUT2D eigenvalue weighted by Crippen LogP contribution is -2.52. The van der Waals surface area contributed by atoms with E-state index in [4.69, 9.17) is 5.26 Å². The second-order valence-corrected chi connectivity index (χ2v) is 5.87. The fourth-order valence-electron chi connectivity index (χ4n) is 3.33. The van der Waals surface area contributed by atoms with Gasteiger partial charge in [-0.2, -0.15) is 5.26 Å². The fourth-order valence-corrected chi connectivity index (χ4v) is 3.33. The van der Waals surface area contributed by atoms with E-state index in [1.54, 1.807) is 4.90 Å². The third-order valence-electron chi connectivity index (χ3n) is 4.58. The number of likely N-dealkylation sites (tertiary alicyclic amines) is 1. The van der Waals surface area contributed by atoms with E-state index >= 15 is 0 Å². The first-order valence-electron chi connectivity index (χ1n) is 7.18. The predicted molar refractivity (Wildman–Crippen MR) is 71.2 cm³/mol. The number of rotatable bonds is 4. The third-order valence-corrected chi connectivity index (χ3v) is 4.58. The minimum absolute atomic E-state index is 0.0173. The van der Waals surface area contributed by atoms with Crippen LogP contribution in [-0.4, -0.2) is 46.7 Å². The van der Waals surface area contributed by atoms with E-state index in [-0.39, 0.29) is 36.7 Å². The zero-order chi connectivity index (χ0) is 13.9. The number of aliphatic hydroxyl groups excluding tert-OH is 1. The molecule has 2 unspecified atom stereocenters. The second-order valence-electron chi connectivity index (χ2n) is 5.87. The molecule has 1 aliphatic heterocycles. The number of nitrogens with one attached hydrogen (secondary N) is 1. The van der Waals surface area contributed by atoms with E-state index in [2.05, 4.69) is 11.4 Å². The van der Waals surface area contributed by atoms with Gasteiger partial charge in [0.15, 0.2) is 0 Å². The molecule has 0 bridgehead atoms. The lowest BCUT2D eigenvalue weighted by atomic mass is 9.99. The number of nitriles is 1. The summed E-state index contributed by atoms with van der Waals surface area (Å²) in [6.45, 7) is 2.30. The first-order chi connectivity index (χ1) is 9.12. The Morgan fingerprint density at radius 2 is 2.16 bits per heavy atom. The van der Waals surface area contributed by atoms with Crippen LogP contribution in [0.3, 0.4) is 0 Å². The van der Waals surface area contributed by atoms with Crippen LogP contribution in [0.2, 0.25) is 0 Å². The van der Waals surface area contributed by atoms with Gasteiger partial charge in [0.05, 0.1) is 19.2 Å². The number of amides is 1. The van der Waals surface area contributed by atoms with Crippen LogP contribution in [0.15, 0.2) is 0 Å². The molecule has 2 atom stereocenters. The van der Waals surface area contributed by atoms with Gasteiger partial charge < -0.3 is 15.3 Å². The second kappa shape index (κ2) is 5.89. The van der Waals surface area contributed by atoms with E-state index in [9.17, 15) is 9.90 Å². The highest BCUT2D eigenvalue weighted by molar-refractivity contribution is 5.79. The highest BCUT2D eigenvalue weighted by Crippen LogP contribution is 2.29. The van der Waals surface area contributed by atoms with E-state index in [1.165, 1.54) is 0 Å². The molecule has 19 heavy (non-hydrogen) atoms. The van der Waals surface area contributed by atoms with Crippen molar-refractivity contribution in [3.63, 3.8) is 0 Å². The van der Waals surface area contributed by atoms with Crippen LogP contribution in [0.1, 0.15) is 45.4 Å². The first-order valence-corrected chi connectivity index (χ1v) is 7.18. The van der Waals surface area contributed by atoms with E-state index < -0.39 is 0 Å². The van der Waals surface area contributed by atoms with Crippen molar-refractivity contribution < 1.29 is 9.90 Å². The first kappa shape index (κ1) is 14.3. The molecule has 2 fully saturated rings. The molecular weight excluding hydrogens is 242 g/mol. The molecule has 1 amide bonds. The molecule has 2 aliphatic rings. The Morgan fingerprint density at radius 3 is 2.74 bits per heavy atom. The molecule has 2 N–H and O–H groups in total. The van der Waals surface area contributed by atoms with Gasteiger partial charge in [0, 0.05) is 11.6 Å². The number of aliphatic hydroxyl groups is 1. The molecule has 1 saturated heterocycles. The van der Waals surface area contributed by atoms with Crippen LogP contribution in [0.4, 0.5) is 0 Å². The summed E-state index contributed by atoms with van der Waals surface area (Å²) in [5.41, 5.74) is -0.277. The number of carbonyl (C=O) groups excluding carboxylic acids is 1. The number of hydrogen-bond acceptors (Lipinski definition) is 4. The summed E-state index contributed by atoms with van der Waals surface area (Å²) in [4.78, 5) is 14.0. The summed E-state index contributed by atoms with van der Waals surface area (Å²) in [5, 5.41) is 21.8. The number of hydrogen-bond donors (Lipinski definition) is 2. The molecule has 1 aliphatic carbocycles. The average Bonchev–Trinajstić information content (AvgIpc) is 3.03. The van der Waals surface area contributed by atoms with Gasteiger partial charge in [0.1, 0.15) is 6.04 Å². The highest BCUT2D eigenvalue weighted by Gasteiger charge is 2.37. The molecule has 5 heteroatoms. The quantitative estimate of drug-likeness (QED) is 0.787. The van der Waals surface area contributed by atoms with Crippen molar-refractivity contribution in [1.82, 2.24) is 10.2 Å². The molecule has 1 heterocycles. The van der Waals surface area contributed by atoms with Gasteiger partial charge in [-0.05, 0) is 32.6 Å². The zero-order valence-corrected chi connectivity index (χ0v) is 11.6. The van der Waals surface area contributed by atoms with Crippen molar-refractivity contribution >= 4 is 5.91 Å². The molecule has 0 aromatic rings. The summed E-state index contributed by atoms with van der Waals surface area (Å²) in [5.74, 6) is -0.0173. The molecule has 0 aromatic heterocycles. The Hall–Kier alpha value is -1.12. The van der Waals surface area contributed by atoms with Crippen LogP contribution >= 0.6 is 0 Å². The molecule has 0 spiro atoms.